The van der Waals surface area contributed by atoms with Gasteiger partial charge in [0.25, 0.3) is 0 Å². The summed E-state index contributed by atoms with van der Waals surface area (Å²) >= 11 is 0. The molecule has 138 valence electrons. The van der Waals surface area contributed by atoms with Gasteiger partial charge >= 0.3 is 0 Å². The van der Waals surface area contributed by atoms with Crippen LogP contribution >= 0.6 is 12.4 Å². The Morgan fingerprint density at radius 1 is 1.12 bits per heavy atom. The van der Waals surface area contributed by atoms with Gasteiger partial charge in [-0.2, -0.15) is 0 Å². The Labute approximate surface area is 155 Å². The largest absolute Gasteiger partial charge is 0.344 e. The zero-order valence-corrected chi connectivity index (χ0v) is 15.4. The maximum absolute atomic E-state index is 12.6. The normalized spacial score (nSPS) is 29.0. The first-order valence-corrected chi connectivity index (χ1v) is 8.96. The molecule has 2 saturated carbocycles. The molecular weight excluding hydrogens is 338 g/mol. The summed E-state index contributed by atoms with van der Waals surface area (Å²) in [5, 5.41) is 5.71. The van der Waals surface area contributed by atoms with E-state index < -0.39 is 6.04 Å². The number of carbonyl (C=O) groups excluding carboxylic acids is 2. The number of nitrogens with two attached hydrogens (primary N) is 1. The Hall–Kier alpha value is -1.59. The second kappa shape index (κ2) is 8.68. The number of anilines is 1. The molecule has 3 atom stereocenters. The molecule has 3 unspecified atom stereocenters. The van der Waals surface area contributed by atoms with Gasteiger partial charge in [0, 0.05) is 17.6 Å². The number of carbonyl (C=O) groups is 2. The molecule has 0 heterocycles. The molecule has 3 rings (SSSR count). The van der Waals surface area contributed by atoms with Crippen molar-refractivity contribution in [2.45, 2.75) is 51.1 Å². The molecule has 0 radical (unpaired) electrons. The highest BCUT2D eigenvalue weighted by Crippen LogP contribution is 2.41. The third-order valence-corrected chi connectivity index (χ3v) is 5.58. The standard InChI is InChI=1S/C19H27N3O2.ClH/c1-12(18(23)22-16-8-3-2-4-9-16)21-19(24)15-10-13-6-5-7-14(11-15)17(13)20;/h2-4,8-9,12-15,17H,5-7,10-11,20H2,1H3,(H,21,24)(H,22,23);1H. The average Bonchev–Trinajstić information content (AvgIpc) is 2.55. The van der Waals surface area contributed by atoms with Gasteiger partial charge in [-0.05, 0) is 56.6 Å². The van der Waals surface area contributed by atoms with Crippen LogP contribution in [0.4, 0.5) is 5.69 Å². The smallest absolute Gasteiger partial charge is 0.246 e. The number of nitrogens with one attached hydrogen (secondary N) is 2. The van der Waals surface area contributed by atoms with E-state index in [-0.39, 0.29) is 36.2 Å². The van der Waals surface area contributed by atoms with E-state index in [0.717, 1.165) is 31.4 Å². The molecule has 2 amide bonds. The number of halogens is 1. The quantitative estimate of drug-likeness (QED) is 0.767. The topological polar surface area (TPSA) is 84.2 Å². The first-order chi connectivity index (χ1) is 11.5. The first kappa shape index (κ1) is 19.7. The molecule has 0 aromatic heterocycles. The highest BCUT2D eigenvalue weighted by molar-refractivity contribution is 5.97. The number of fused-ring (bicyclic) bond motifs is 2. The zero-order chi connectivity index (χ0) is 17.1. The van der Waals surface area contributed by atoms with Crippen LogP contribution in [0.5, 0.6) is 0 Å². The summed E-state index contributed by atoms with van der Waals surface area (Å²) < 4.78 is 0. The Morgan fingerprint density at radius 3 is 2.32 bits per heavy atom. The lowest BCUT2D eigenvalue weighted by Gasteiger charge is -2.43. The van der Waals surface area contributed by atoms with Crippen LogP contribution in [0.15, 0.2) is 30.3 Å². The van der Waals surface area contributed by atoms with Gasteiger partial charge in [0.05, 0.1) is 0 Å². The first-order valence-electron chi connectivity index (χ1n) is 8.96. The van der Waals surface area contributed by atoms with E-state index >= 15 is 0 Å². The van der Waals surface area contributed by atoms with Crippen LogP contribution < -0.4 is 16.4 Å². The molecule has 2 bridgehead atoms. The van der Waals surface area contributed by atoms with E-state index in [2.05, 4.69) is 10.6 Å². The Balaban J connectivity index is 0.00000225. The van der Waals surface area contributed by atoms with Crippen LogP contribution in [0.3, 0.4) is 0 Å². The highest BCUT2D eigenvalue weighted by Gasteiger charge is 2.40. The Bertz CT molecular complexity index is 582. The van der Waals surface area contributed by atoms with Gasteiger partial charge in [0.1, 0.15) is 6.04 Å². The number of hydrogen-bond acceptors (Lipinski definition) is 3. The van der Waals surface area contributed by atoms with Crippen molar-refractivity contribution >= 4 is 29.9 Å². The van der Waals surface area contributed by atoms with E-state index in [1.807, 2.05) is 30.3 Å². The van der Waals surface area contributed by atoms with Crippen LogP contribution in [-0.4, -0.2) is 23.9 Å². The molecule has 1 aromatic rings. The number of rotatable bonds is 4. The van der Waals surface area contributed by atoms with Crippen molar-refractivity contribution < 1.29 is 9.59 Å². The lowest BCUT2D eigenvalue weighted by molar-refractivity contribution is -0.131. The Morgan fingerprint density at radius 2 is 1.72 bits per heavy atom. The van der Waals surface area contributed by atoms with Crippen LogP contribution in [-0.2, 0) is 9.59 Å². The molecule has 0 aliphatic heterocycles. The maximum Gasteiger partial charge on any atom is 0.246 e. The van der Waals surface area contributed by atoms with Gasteiger partial charge < -0.3 is 16.4 Å². The van der Waals surface area contributed by atoms with E-state index in [4.69, 9.17) is 5.73 Å². The molecule has 2 fully saturated rings. The average molecular weight is 366 g/mol. The summed E-state index contributed by atoms with van der Waals surface area (Å²) in [6, 6.07) is 8.98. The summed E-state index contributed by atoms with van der Waals surface area (Å²) in [5.41, 5.74) is 7.02. The summed E-state index contributed by atoms with van der Waals surface area (Å²) in [5.74, 6) is 0.715. The molecule has 5 nitrogen and oxygen atoms in total. The maximum atomic E-state index is 12.6. The lowest BCUT2D eigenvalue weighted by atomic mass is 9.65. The minimum Gasteiger partial charge on any atom is -0.344 e. The van der Waals surface area contributed by atoms with Crippen molar-refractivity contribution in [2.24, 2.45) is 23.5 Å². The minimum atomic E-state index is -0.548. The second-order valence-electron chi connectivity index (χ2n) is 7.28. The summed E-state index contributed by atoms with van der Waals surface area (Å²) in [7, 11) is 0. The minimum absolute atomic E-state index is 0. The number of para-hydroxylation sites is 1. The summed E-state index contributed by atoms with van der Waals surface area (Å²) in [6.07, 6.45) is 5.21. The Kier molecular flexibility index (Phi) is 6.85. The van der Waals surface area contributed by atoms with Crippen LogP contribution in [0.25, 0.3) is 0 Å². The van der Waals surface area contributed by atoms with Crippen molar-refractivity contribution in [3.8, 4) is 0 Å². The highest BCUT2D eigenvalue weighted by atomic mass is 35.5. The molecule has 0 saturated heterocycles. The number of benzene rings is 1. The molecular formula is C19H28ClN3O2. The van der Waals surface area contributed by atoms with Gasteiger partial charge in [-0.15, -0.1) is 12.4 Å². The van der Waals surface area contributed by atoms with Gasteiger partial charge in [0.15, 0.2) is 0 Å². The predicted octanol–water partition coefficient (Wildman–Crippen LogP) is 2.71. The van der Waals surface area contributed by atoms with Crippen molar-refractivity contribution in [1.29, 1.82) is 0 Å². The van der Waals surface area contributed by atoms with Crippen molar-refractivity contribution in [1.82, 2.24) is 5.32 Å². The summed E-state index contributed by atoms with van der Waals surface area (Å²) in [4.78, 5) is 24.8. The van der Waals surface area contributed by atoms with Gasteiger partial charge in [0.2, 0.25) is 11.8 Å². The van der Waals surface area contributed by atoms with Gasteiger partial charge in [-0.3, -0.25) is 9.59 Å². The molecule has 1 aromatic carbocycles. The molecule has 0 spiro atoms. The molecule has 2 aliphatic carbocycles. The third kappa shape index (κ3) is 4.73. The lowest BCUT2D eigenvalue weighted by Crippen LogP contribution is -2.51. The van der Waals surface area contributed by atoms with Crippen molar-refractivity contribution in [3.63, 3.8) is 0 Å². The van der Waals surface area contributed by atoms with E-state index in [1.54, 1.807) is 6.92 Å². The molecule has 4 N–H and O–H groups in total. The summed E-state index contributed by atoms with van der Waals surface area (Å²) in [6.45, 7) is 1.73. The fourth-order valence-electron chi connectivity index (χ4n) is 4.17. The second-order valence-corrected chi connectivity index (χ2v) is 7.28. The third-order valence-electron chi connectivity index (χ3n) is 5.58. The molecule has 25 heavy (non-hydrogen) atoms. The van der Waals surface area contributed by atoms with Crippen LogP contribution in [0.2, 0.25) is 0 Å². The fraction of sp³-hybridized carbons (Fsp3) is 0.579. The van der Waals surface area contributed by atoms with Gasteiger partial charge in [-0.1, -0.05) is 24.6 Å². The number of amides is 2. The van der Waals surface area contributed by atoms with Gasteiger partial charge in [-0.25, -0.2) is 0 Å². The van der Waals surface area contributed by atoms with Crippen LogP contribution in [0, 0.1) is 17.8 Å². The molecule has 2 aliphatic rings. The molecule has 6 heteroatoms. The monoisotopic (exact) mass is 365 g/mol. The van der Waals surface area contributed by atoms with Crippen molar-refractivity contribution in [2.75, 3.05) is 5.32 Å². The SMILES string of the molecule is CC(NC(=O)C1CC2CCCC(C1)C2N)C(=O)Nc1ccccc1.Cl. The fourth-order valence-corrected chi connectivity index (χ4v) is 4.17. The predicted molar refractivity (Wildman–Crippen MR) is 101 cm³/mol. The van der Waals surface area contributed by atoms with E-state index in [1.165, 1.54) is 6.42 Å². The van der Waals surface area contributed by atoms with E-state index in [0.29, 0.717) is 11.8 Å². The van der Waals surface area contributed by atoms with Crippen LogP contribution in [0.1, 0.15) is 39.0 Å². The zero-order valence-electron chi connectivity index (χ0n) is 14.6. The van der Waals surface area contributed by atoms with Crippen molar-refractivity contribution in [3.05, 3.63) is 30.3 Å². The number of hydrogen-bond donors (Lipinski definition) is 3. The van der Waals surface area contributed by atoms with E-state index in [9.17, 15) is 9.59 Å².